The first-order valence-electron chi connectivity index (χ1n) is 8.84. The summed E-state index contributed by atoms with van der Waals surface area (Å²) in [6.45, 7) is 13.4. The predicted octanol–water partition coefficient (Wildman–Crippen LogP) is 0.764. The van der Waals surface area contributed by atoms with Crippen LogP contribution in [0.4, 0.5) is 0 Å². The molecule has 0 bridgehead atoms. The minimum atomic E-state index is -0.201. The van der Waals surface area contributed by atoms with E-state index in [1.165, 1.54) is 0 Å². The van der Waals surface area contributed by atoms with Crippen LogP contribution in [0.3, 0.4) is 0 Å². The van der Waals surface area contributed by atoms with Crippen LogP contribution in [0.15, 0.2) is 0 Å². The van der Waals surface area contributed by atoms with Crippen molar-refractivity contribution in [3.63, 3.8) is 0 Å². The molecule has 0 saturated carbocycles. The molecule has 1 amide bonds. The van der Waals surface area contributed by atoms with Gasteiger partial charge in [-0.2, -0.15) is 0 Å². The van der Waals surface area contributed by atoms with Crippen LogP contribution in [0.25, 0.3) is 0 Å². The molecule has 0 spiro atoms. The maximum atomic E-state index is 12.9. The van der Waals surface area contributed by atoms with E-state index in [1.807, 2.05) is 0 Å². The Morgan fingerprint density at radius 2 is 2.00 bits per heavy atom. The highest BCUT2D eigenvalue weighted by Crippen LogP contribution is 2.33. The lowest BCUT2D eigenvalue weighted by molar-refractivity contribution is -0.136. The van der Waals surface area contributed by atoms with Gasteiger partial charge >= 0.3 is 0 Å². The number of carbonyl (C=O) groups is 1. The van der Waals surface area contributed by atoms with Crippen molar-refractivity contribution in [2.75, 3.05) is 52.9 Å². The molecular weight excluding hydrogens is 276 g/mol. The highest BCUT2D eigenvalue weighted by atomic mass is 16.2. The zero-order valence-corrected chi connectivity index (χ0v) is 14.8. The molecule has 2 saturated heterocycles. The highest BCUT2D eigenvalue weighted by molar-refractivity contribution is 5.83. The second-order valence-electron chi connectivity index (χ2n) is 7.71. The Hall–Kier alpha value is -0.650. The zero-order valence-electron chi connectivity index (χ0n) is 14.8. The normalized spacial score (nSPS) is 27.0. The molecule has 0 aromatic heterocycles. The summed E-state index contributed by atoms with van der Waals surface area (Å²) in [7, 11) is 2.16. The standard InChI is InChI=1S/C17H34N4O/c1-14(2)11-19-16(22)17(5-8-20(4)9-6-17)13-21-10-7-18-12-15(21)3/h14-15,18H,5-13H2,1-4H3,(H,19,22). The second-order valence-corrected chi connectivity index (χ2v) is 7.71. The molecule has 2 aliphatic rings. The molecule has 2 fully saturated rings. The largest absolute Gasteiger partial charge is 0.355 e. The van der Waals surface area contributed by atoms with E-state index >= 15 is 0 Å². The van der Waals surface area contributed by atoms with Crippen molar-refractivity contribution in [2.24, 2.45) is 11.3 Å². The summed E-state index contributed by atoms with van der Waals surface area (Å²) < 4.78 is 0. The summed E-state index contributed by atoms with van der Waals surface area (Å²) in [5, 5.41) is 6.65. The van der Waals surface area contributed by atoms with Crippen LogP contribution in [0.2, 0.25) is 0 Å². The second kappa shape index (κ2) is 7.75. The van der Waals surface area contributed by atoms with Crippen LogP contribution < -0.4 is 10.6 Å². The van der Waals surface area contributed by atoms with Crippen molar-refractivity contribution in [1.82, 2.24) is 20.4 Å². The number of hydrogen-bond donors (Lipinski definition) is 2. The molecule has 2 heterocycles. The SMILES string of the molecule is CC(C)CNC(=O)C1(CN2CCNCC2C)CCN(C)CC1. The number of piperazine rings is 1. The zero-order chi connectivity index (χ0) is 16.2. The third kappa shape index (κ3) is 4.43. The summed E-state index contributed by atoms with van der Waals surface area (Å²) in [5.41, 5.74) is -0.201. The van der Waals surface area contributed by atoms with E-state index < -0.39 is 0 Å². The molecular formula is C17H34N4O. The minimum absolute atomic E-state index is 0.201. The fourth-order valence-corrected chi connectivity index (χ4v) is 3.49. The van der Waals surface area contributed by atoms with E-state index in [-0.39, 0.29) is 11.3 Å². The van der Waals surface area contributed by atoms with Gasteiger partial charge in [-0.05, 0) is 45.8 Å². The van der Waals surface area contributed by atoms with Crippen LogP contribution in [-0.2, 0) is 4.79 Å². The van der Waals surface area contributed by atoms with Crippen LogP contribution in [-0.4, -0.2) is 74.6 Å². The number of nitrogens with one attached hydrogen (secondary N) is 2. The molecule has 1 unspecified atom stereocenters. The molecule has 2 rings (SSSR count). The van der Waals surface area contributed by atoms with Gasteiger partial charge in [-0.1, -0.05) is 13.8 Å². The van der Waals surface area contributed by atoms with E-state index in [9.17, 15) is 4.79 Å². The molecule has 1 atom stereocenters. The van der Waals surface area contributed by atoms with Crippen molar-refractivity contribution < 1.29 is 4.79 Å². The fraction of sp³-hybridized carbons (Fsp3) is 0.941. The van der Waals surface area contributed by atoms with Crippen molar-refractivity contribution >= 4 is 5.91 Å². The average molecular weight is 310 g/mol. The number of rotatable bonds is 5. The van der Waals surface area contributed by atoms with Gasteiger partial charge in [0.05, 0.1) is 5.41 Å². The molecule has 2 aliphatic heterocycles. The summed E-state index contributed by atoms with van der Waals surface area (Å²) in [4.78, 5) is 17.8. The highest BCUT2D eigenvalue weighted by Gasteiger charge is 2.42. The van der Waals surface area contributed by atoms with Crippen LogP contribution >= 0.6 is 0 Å². The third-order valence-electron chi connectivity index (χ3n) is 5.24. The Kier molecular flexibility index (Phi) is 6.24. The molecule has 5 heteroatoms. The summed E-state index contributed by atoms with van der Waals surface area (Å²) in [6.07, 6.45) is 1.95. The van der Waals surface area contributed by atoms with Gasteiger partial charge in [0.25, 0.3) is 0 Å². The van der Waals surface area contributed by atoms with Gasteiger partial charge in [0.1, 0.15) is 0 Å². The lowest BCUT2D eigenvalue weighted by Crippen LogP contribution is -2.58. The molecule has 2 N–H and O–H groups in total. The molecule has 0 aromatic rings. The van der Waals surface area contributed by atoms with Gasteiger partial charge in [-0.25, -0.2) is 0 Å². The maximum Gasteiger partial charge on any atom is 0.227 e. The summed E-state index contributed by atoms with van der Waals surface area (Å²) in [6, 6.07) is 0.517. The van der Waals surface area contributed by atoms with Crippen LogP contribution in [0.1, 0.15) is 33.6 Å². The molecule has 0 aliphatic carbocycles. The van der Waals surface area contributed by atoms with Crippen molar-refractivity contribution in [3.8, 4) is 0 Å². The minimum Gasteiger partial charge on any atom is -0.355 e. The number of carbonyl (C=O) groups excluding carboxylic acids is 1. The van der Waals surface area contributed by atoms with Crippen molar-refractivity contribution in [1.29, 1.82) is 0 Å². The number of hydrogen-bond acceptors (Lipinski definition) is 4. The van der Waals surface area contributed by atoms with E-state index in [4.69, 9.17) is 0 Å². The summed E-state index contributed by atoms with van der Waals surface area (Å²) in [5.74, 6) is 0.783. The van der Waals surface area contributed by atoms with Gasteiger partial charge < -0.3 is 15.5 Å². The smallest absolute Gasteiger partial charge is 0.227 e. The number of piperidine rings is 1. The molecule has 5 nitrogen and oxygen atoms in total. The number of likely N-dealkylation sites (tertiary alicyclic amines) is 1. The topological polar surface area (TPSA) is 47.6 Å². The van der Waals surface area contributed by atoms with Crippen molar-refractivity contribution in [3.05, 3.63) is 0 Å². The Morgan fingerprint density at radius 3 is 2.59 bits per heavy atom. The molecule has 0 aromatic carbocycles. The number of amides is 1. The maximum absolute atomic E-state index is 12.9. The summed E-state index contributed by atoms with van der Waals surface area (Å²) >= 11 is 0. The van der Waals surface area contributed by atoms with Gasteiger partial charge in [0.15, 0.2) is 0 Å². The predicted molar refractivity (Wildman–Crippen MR) is 90.9 cm³/mol. The Balaban J connectivity index is 2.05. The van der Waals surface area contributed by atoms with Gasteiger partial charge in [-0.15, -0.1) is 0 Å². The van der Waals surface area contributed by atoms with E-state index in [0.29, 0.717) is 12.0 Å². The fourth-order valence-electron chi connectivity index (χ4n) is 3.49. The van der Waals surface area contributed by atoms with E-state index in [1.54, 1.807) is 0 Å². The Bertz CT molecular complexity index is 364. The van der Waals surface area contributed by atoms with Crippen LogP contribution in [0.5, 0.6) is 0 Å². The Morgan fingerprint density at radius 1 is 1.32 bits per heavy atom. The molecule has 22 heavy (non-hydrogen) atoms. The van der Waals surface area contributed by atoms with Crippen molar-refractivity contribution in [2.45, 2.75) is 39.7 Å². The molecule has 0 radical (unpaired) electrons. The van der Waals surface area contributed by atoms with Gasteiger partial charge in [-0.3, -0.25) is 9.69 Å². The average Bonchev–Trinajstić information content (AvgIpc) is 2.49. The quantitative estimate of drug-likeness (QED) is 0.787. The first-order chi connectivity index (χ1) is 10.4. The van der Waals surface area contributed by atoms with E-state index in [0.717, 1.165) is 58.7 Å². The third-order valence-corrected chi connectivity index (χ3v) is 5.24. The van der Waals surface area contributed by atoms with Gasteiger partial charge in [0.2, 0.25) is 5.91 Å². The number of nitrogens with zero attached hydrogens (tertiary/aromatic N) is 2. The van der Waals surface area contributed by atoms with Gasteiger partial charge in [0, 0.05) is 38.8 Å². The molecule has 128 valence electrons. The van der Waals surface area contributed by atoms with Crippen LogP contribution in [0, 0.1) is 11.3 Å². The first-order valence-corrected chi connectivity index (χ1v) is 8.84. The Labute approximate surface area is 135 Å². The first kappa shape index (κ1) is 17.7. The van der Waals surface area contributed by atoms with E-state index in [2.05, 4.69) is 48.3 Å². The monoisotopic (exact) mass is 310 g/mol. The lowest BCUT2D eigenvalue weighted by Gasteiger charge is -2.45. The lowest BCUT2D eigenvalue weighted by atomic mass is 9.76.